The molecule has 0 saturated heterocycles. The molecule has 1 amide bonds. The first-order valence-corrected chi connectivity index (χ1v) is 9.75. The van der Waals surface area contributed by atoms with Gasteiger partial charge in [-0.15, -0.1) is 30.3 Å². The van der Waals surface area contributed by atoms with Gasteiger partial charge in [0.1, 0.15) is 11.3 Å². The highest BCUT2D eigenvalue weighted by atomic mass is 35.5. The van der Waals surface area contributed by atoms with Crippen molar-refractivity contribution in [2.45, 2.75) is 19.8 Å². The van der Waals surface area contributed by atoms with Crippen molar-refractivity contribution in [1.82, 2.24) is 10.3 Å². The van der Waals surface area contributed by atoms with Gasteiger partial charge in [0, 0.05) is 23.0 Å². The molecule has 2 heterocycles. The number of nitrogens with zero attached hydrogens (tertiary/aromatic N) is 1. The lowest BCUT2D eigenvalue weighted by molar-refractivity contribution is 0.0958. The van der Waals surface area contributed by atoms with Gasteiger partial charge in [0.25, 0.3) is 5.91 Å². The average molecular weight is 418 g/mol. The molecule has 2 N–H and O–H groups in total. The van der Waals surface area contributed by atoms with Crippen molar-refractivity contribution < 1.29 is 9.53 Å². The summed E-state index contributed by atoms with van der Waals surface area (Å²) in [4.78, 5) is 18.4. The van der Waals surface area contributed by atoms with Gasteiger partial charge in [-0.2, -0.15) is 0 Å². The fourth-order valence-electron chi connectivity index (χ4n) is 2.93. The lowest BCUT2D eigenvalue weighted by Gasteiger charge is -2.16. The number of carbonyl (C=O) groups excluding carboxylic acids is 1. The second kappa shape index (κ2) is 10.1. The summed E-state index contributed by atoms with van der Waals surface area (Å²) in [6.07, 6.45) is 5.30. The van der Waals surface area contributed by atoms with E-state index in [1.807, 2.05) is 24.3 Å². The van der Waals surface area contributed by atoms with Crippen LogP contribution in [0.3, 0.4) is 0 Å². The summed E-state index contributed by atoms with van der Waals surface area (Å²) in [7, 11) is 1.62. The zero-order valence-corrected chi connectivity index (χ0v) is 17.6. The number of rotatable bonds is 8. The van der Waals surface area contributed by atoms with Gasteiger partial charge < -0.3 is 15.4 Å². The molecule has 148 valence electrons. The van der Waals surface area contributed by atoms with E-state index in [1.54, 1.807) is 30.7 Å². The highest BCUT2D eigenvalue weighted by Crippen LogP contribution is 2.35. The normalized spacial score (nSPS) is 10.2. The number of aryl methyl sites for hydroxylation is 1. The summed E-state index contributed by atoms with van der Waals surface area (Å²) in [6, 6.07) is 7.76. The van der Waals surface area contributed by atoms with E-state index in [9.17, 15) is 4.79 Å². The van der Waals surface area contributed by atoms with Crippen molar-refractivity contribution in [3.63, 3.8) is 0 Å². The van der Waals surface area contributed by atoms with Crippen LogP contribution in [0.15, 0.2) is 48.5 Å². The van der Waals surface area contributed by atoms with E-state index in [0.717, 1.165) is 35.1 Å². The number of pyridine rings is 1. The number of ether oxygens (including phenoxy) is 1. The molecule has 2 aromatic heterocycles. The minimum absolute atomic E-state index is 0. The number of benzene rings is 1. The number of methoxy groups -OCH3 is 1. The lowest BCUT2D eigenvalue weighted by Crippen LogP contribution is -2.24. The molecule has 0 fully saturated rings. The number of para-hydroxylation sites is 1. The van der Waals surface area contributed by atoms with Gasteiger partial charge in [0.2, 0.25) is 0 Å². The Morgan fingerprint density at radius 3 is 2.89 bits per heavy atom. The Kier molecular flexibility index (Phi) is 7.84. The summed E-state index contributed by atoms with van der Waals surface area (Å²) in [5.41, 5.74) is 2.97. The quantitative estimate of drug-likeness (QED) is 0.485. The van der Waals surface area contributed by atoms with Gasteiger partial charge in [-0.1, -0.05) is 31.6 Å². The van der Waals surface area contributed by atoms with Crippen LogP contribution in [0.2, 0.25) is 0 Å². The Morgan fingerprint density at radius 1 is 1.36 bits per heavy atom. The molecule has 5 nitrogen and oxygen atoms in total. The molecule has 0 atom stereocenters. The molecule has 0 unspecified atom stereocenters. The van der Waals surface area contributed by atoms with Crippen LogP contribution >= 0.6 is 23.7 Å². The molecular weight excluding hydrogens is 394 g/mol. The monoisotopic (exact) mass is 417 g/mol. The maximum absolute atomic E-state index is 12.7. The standard InChI is InChI=1S/C21H23N3O2S.ClH/c1-4-7-18-16(10-12-27-18)24-19-14-8-6-9-17(26-3)20(14)23-13-15(19)21(25)22-11-5-2;/h5-6,8-10,12-13H,2,4,7,11H2,1,3H3,(H,22,25)(H,23,24);1H. The zero-order valence-electron chi connectivity index (χ0n) is 16.0. The number of hydrogen-bond donors (Lipinski definition) is 2. The number of aromatic nitrogens is 1. The van der Waals surface area contributed by atoms with E-state index in [2.05, 4.69) is 34.5 Å². The van der Waals surface area contributed by atoms with Crippen molar-refractivity contribution in [3.05, 3.63) is 58.9 Å². The first-order valence-electron chi connectivity index (χ1n) is 8.87. The van der Waals surface area contributed by atoms with E-state index in [0.29, 0.717) is 17.9 Å². The number of anilines is 2. The van der Waals surface area contributed by atoms with Gasteiger partial charge in [-0.25, -0.2) is 0 Å². The lowest BCUT2D eigenvalue weighted by atomic mass is 10.1. The highest BCUT2D eigenvalue weighted by Gasteiger charge is 2.18. The van der Waals surface area contributed by atoms with Gasteiger partial charge in [-0.3, -0.25) is 9.78 Å². The van der Waals surface area contributed by atoms with Crippen molar-refractivity contribution >= 4 is 51.9 Å². The van der Waals surface area contributed by atoms with Crippen LogP contribution in [0.1, 0.15) is 28.6 Å². The van der Waals surface area contributed by atoms with Crippen LogP contribution in [-0.2, 0) is 6.42 Å². The molecule has 1 aromatic carbocycles. The van der Waals surface area contributed by atoms with Crippen molar-refractivity contribution in [1.29, 1.82) is 0 Å². The number of amides is 1. The Labute approximate surface area is 175 Å². The summed E-state index contributed by atoms with van der Waals surface area (Å²) >= 11 is 1.72. The van der Waals surface area contributed by atoms with E-state index >= 15 is 0 Å². The number of halogens is 1. The maximum atomic E-state index is 12.7. The first-order chi connectivity index (χ1) is 13.2. The van der Waals surface area contributed by atoms with Crippen molar-refractivity contribution in [2.75, 3.05) is 19.0 Å². The molecule has 7 heteroatoms. The van der Waals surface area contributed by atoms with Crippen LogP contribution in [0, 0.1) is 0 Å². The van der Waals surface area contributed by atoms with E-state index in [1.165, 1.54) is 4.88 Å². The molecule has 0 saturated carbocycles. The molecule has 0 aliphatic carbocycles. The number of hydrogen-bond acceptors (Lipinski definition) is 5. The minimum Gasteiger partial charge on any atom is -0.494 e. The van der Waals surface area contributed by atoms with Gasteiger partial charge in [0.15, 0.2) is 0 Å². The third-order valence-corrected chi connectivity index (χ3v) is 5.19. The molecule has 0 aliphatic rings. The molecular formula is C21H24ClN3O2S. The van der Waals surface area contributed by atoms with E-state index < -0.39 is 0 Å². The first kappa shape index (κ1) is 21.7. The number of nitrogens with one attached hydrogen (secondary N) is 2. The van der Waals surface area contributed by atoms with Gasteiger partial charge in [0.05, 0.1) is 24.0 Å². The predicted molar refractivity (Wildman–Crippen MR) is 120 cm³/mol. The third kappa shape index (κ3) is 4.46. The SMILES string of the molecule is C=CCNC(=O)c1cnc2c(OC)cccc2c1Nc1ccsc1CCC.Cl. The third-order valence-electron chi connectivity index (χ3n) is 4.21. The van der Waals surface area contributed by atoms with Gasteiger partial charge in [-0.05, 0) is 23.9 Å². The van der Waals surface area contributed by atoms with Gasteiger partial charge >= 0.3 is 0 Å². The van der Waals surface area contributed by atoms with Crippen LogP contribution in [0.5, 0.6) is 5.75 Å². The average Bonchev–Trinajstić information content (AvgIpc) is 3.13. The van der Waals surface area contributed by atoms with Crippen LogP contribution in [0.4, 0.5) is 11.4 Å². The molecule has 0 radical (unpaired) electrons. The minimum atomic E-state index is -0.193. The summed E-state index contributed by atoms with van der Waals surface area (Å²) in [5, 5.41) is 9.23. The molecule has 3 aromatic rings. The van der Waals surface area contributed by atoms with Crippen molar-refractivity contribution in [3.8, 4) is 5.75 Å². The Morgan fingerprint density at radius 2 is 2.18 bits per heavy atom. The summed E-state index contributed by atoms with van der Waals surface area (Å²) in [6.45, 7) is 6.21. The fourth-order valence-corrected chi connectivity index (χ4v) is 3.87. The van der Waals surface area contributed by atoms with E-state index in [-0.39, 0.29) is 18.3 Å². The molecule has 28 heavy (non-hydrogen) atoms. The Hall–Kier alpha value is -2.57. The van der Waals surface area contributed by atoms with Crippen LogP contribution in [0.25, 0.3) is 10.9 Å². The Bertz CT molecular complexity index is 971. The van der Waals surface area contributed by atoms with Crippen molar-refractivity contribution in [2.24, 2.45) is 0 Å². The fraction of sp³-hybridized carbons (Fsp3) is 0.238. The second-order valence-electron chi connectivity index (χ2n) is 6.03. The largest absolute Gasteiger partial charge is 0.494 e. The molecule has 0 spiro atoms. The number of thiophene rings is 1. The predicted octanol–water partition coefficient (Wildman–Crippen LogP) is 5.34. The number of fused-ring (bicyclic) bond motifs is 1. The molecule has 0 bridgehead atoms. The van der Waals surface area contributed by atoms with Crippen LogP contribution < -0.4 is 15.4 Å². The molecule has 0 aliphatic heterocycles. The Balaban J connectivity index is 0.00000280. The number of carbonyl (C=O) groups is 1. The summed E-state index contributed by atoms with van der Waals surface area (Å²) < 4.78 is 5.44. The van der Waals surface area contributed by atoms with Crippen LogP contribution in [-0.4, -0.2) is 24.5 Å². The molecule has 3 rings (SSSR count). The summed E-state index contributed by atoms with van der Waals surface area (Å²) in [5.74, 6) is 0.481. The topological polar surface area (TPSA) is 63.2 Å². The highest BCUT2D eigenvalue weighted by molar-refractivity contribution is 7.10. The smallest absolute Gasteiger partial charge is 0.255 e. The maximum Gasteiger partial charge on any atom is 0.255 e. The van der Waals surface area contributed by atoms with E-state index in [4.69, 9.17) is 4.74 Å². The second-order valence-corrected chi connectivity index (χ2v) is 7.04. The zero-order chi connectivity index (χ0) is 19.2.